The van der Waals surface area contributed by atoms with E-state index in [1.54, 1.807) is 19.2 Å². The maximum atomic E-state index is 11.3. The molecular weight excluding hydrogens is 436 g/mol. The molecule has 0 saturated heterocycles. The van der Waals surface area contributed by atoms with Crippen molar-refractivity contribution in [1.82, 2.24) is 0 Å². The number of carboxylic acid groups (broad SMARTS) is 1. The van der Waals surface area contributed by atoms with E-state index in [0.29, 0.717) is 12.4 Å². The minimum atomic E-state index is -0.896. The van der Waals surface area contributed by atoms with Crippen molar-refractivity contribution in [1.29, 1.82) is 0 Å². The molecule has 0 heterocycles. The molecule has 1 atom stereocenters. The third-order valence-corrected chi connectivity index (χ3v) is 8.96. The molecule has 7 rings (SSSR count). The van der Waals surface area contributed by atoms with Gasteiger partial charge in [0.2, 0.25) is 0 Å². The third kappa shape index (κ3) is 4.07. The van der Waals surface area contributed by atoms with E-state index >= 15 is 0 Å². The van der Waals surface area contributed by atoms with Crippen LogP contribution in [0.1, 0.15) is 73.0 Å². The summed E-state index contributed by atoms with van der Waals surface area (Å²) in [5, 5.41) is 11.7. The number of carboxylic acids is 1. The van der Waals surface area contributed by atoms with Crippen LogP contribution in [0.25, 0.3) is 21.9 Å². The first kappa shape index (κ1) is 22.8. The Morgan fingerprint density at radius 1 is 0.914 bits per heavy atom. The largest absolute Gasteiger partial charge is 0.478 e. The maximum Gasteiger partial charge on any atom is 0.335 e. The van der Waals surface area contributed by atoms with Crippen molar-refractivity contribution in [3.63, 3.8) is 0 Å². The molecule has 4 nitrogen and oxygen atoms in total. The van der Waals surface area contributed by atoms with Crippen LogP contribution < -0.4 is 0 Å². The fourth-order valence-corrected chi connectivity index (χ4v) is 7.80. The topological polar surface area (TPSA) is 55.8 Å². The van der Waals surface area contributed by atoms with E-state index in [9.17, 15) is 9.90 Å². The monoisotopic (exact) mass is 470 g/mol. The summed E-state index contributed by atoms with van der Waals surface area (Å²) in [6, 6.07) is 18.6. The van der Waals surface area contributed by atoms with Crippen LogP contribution in [0.2, 0.25) is 0 Å². The van der Waals surface area contributed by atoms with Gasteiger partial charge in [-0.05, 0) is 126 Å². The molecule has 0 aliphatic heterocycles. The quantitative estimate of drug-likeness (QED) is 0.367. The summed E-state index contributed by atoms with van der Waals surface area (Å²) in [6.45, 7) is 2.45. The Bertz CT molecular complexity index is 1220. The highest BCUT2D eigenvalue weighted by atomic mass is 16.7. The first-order valence-corrected chi connectivity index (χ1v) is 13.0. The highest BCUT2D eigenvalue weighted by Crippen LogP contribution is 2.61. The number of carbonyl (C=O) groups is 1. The van der Waals surface area contributed by atoms with Gasteiger partial charge >= 0.3 is 5.97 Å². The van der Waals surface area contributed by atoms with Crippen LogP contribution in [0.3, 0.4) is 0 Å². The third-order valence-electron chi connectivity index (χ3n) is 8.96. The molecule has 0 amide bonds. The summed E-state index contributed by atoms with van der Waals surface area (Å²) in [7, 11) is 1.68. The van der Waals surface area contributed by atoms with Crippen molar-refractivity contribution in [2.75, 3.05) is 13.9 Å². The van der Waals surface area contributed by atoms with E-state index < -0.39 is 5.97 Å². The number of fused-ring (bicyclic) bond motifs is 1. The second-order valence-corrected chi connectivity index (χ2v) is 11.3. The summed E-state index contributed by atoms with van der Waals surface area (Å²) < 4.78 is 11.3. The molecule has 1 unspecified atom stereocenters. The number of ether oxygens (including phenoxy) is 2. The molecule has 4 fully saturated rings. The Balaban J connectivity index is 1.45. The molecule has 0 aromatic heterocycles. The van der Waals surface area contributed by atoms with Crippen molar-refractivity contribution in [2.45, 2.75) is 57.0 Å². The lowest BCUT2D eigenvalue weighted by Crippen LogP contribution is -2.49. The predicted molar refractivity (Wildman–Crippen MR) is 138 cm³/mol. The van der Waals surface area contributed by atoms with E-state index in [1.165, 1.54) is 60.4 Å². The molecule has 0 radical (unpaired) electrons. The number of benzene rings is 3. The first-order chi connectivity index (χ1) is 16.9. The lowest BCUT2D eigenvalue weighted by Gasteiger charge is -2.57. The normalized spacial score (nSPS) is 27.9. The van der Waals surface area contributed by atoms with Crippen molar-refractivity contribution >= 4 is 16.7 Å². The average molecular weight is 471 g/mol. The van der Waals surface area contributed by atoms with Crippen molar-refractivity contribution < 1.29 is 19.4 Å². The lowest BCUT2D eigenvalue weighted by atomic mass is 9.47. The number of hydrogen-bond donors (Lipinski definition) is 1. The van der Waals surface area contributed by atoms with Crippen LogP contribution in [-0.4, -0.2) is 25.0 Å². The van der Waals surface area contributed by atoms with Crippen molar-refractivity contribution in [3.05, 3.63) is 71.3 Å². The fourth-order valence-electron chi connectivity index (χ4n) is 7.80. The number of hydrogen-bond acceptors (Lipinski definition) is 3. The second kappa shape index (κ2) is 8.76. The Labute approximate surface area is 207 Å². The molecular formula is C31H34O4. The fraction of sp³-hybridized carbons (Fsp3) is 0.452. The predicted octanol–water partition coefficient (Wildman–Crippen LogP) is 7.35. The van der Waals surface area contributed by atoms with E-state index in [0.717, 1.165) is 28.9 Å². The Morgan fingerprint density at radius 2 is 1.54 bits per heavy atom. The highest BCUT2D eigenvalue weighted by Gasteiger charge is 2.52. The molecule has 4 aliphatic carbocycles. The van der Waals surface area contributed by atoms with Gasteiger partial charge in [0.05, 0.1) is 11.7 Å². The molecule has 4 heteroatoms. The van der Waals surface area contributed by atoms with E-state index in [-0.39, 0.29) is 11.5 Å². The maximum absolute atomic E-state index is 11.3. The Kier molecular flexibility index (Phi) is 5.69. The molecule has 0 spiro atoms. The lowest BCUT2D eigenvalue weighted by molar-refractivity contribution is -0.0683. The van der Waals surface area contributed by atoms with Gasteiger partial charge in [-0.1, -0.05) is 30.3 Å². The van der Waals surface area contributed by atoms with Crippen LogP contribution in [0.15, 0.2) is 54.6 Å². The Hall–Kier alpha value is -2.69. The van der Waals surface area contributed by atoms with Crippen LogP contribution in [-0.2, 0) is 14.9 Å². The van der Waals surface area contributed by atoms with E-state index in [1.807, 2.05) is 12.1 Å². The highest BCUT2D eigenvalue weighted by molar-refractivity contribution is 5.91. The minimum absolute atomic E-state index is 0.0226. The van der Waals surface area contributed by atoms with Gasteiger partial charge in [-0.25, -0.2) is 4.79 Å². The van der Waals surface area contributed by atoms with Crippen LogP contribution in [0.4, 0.5) is 0 Å². The van der Waals surface area contributed by atoms with Crippen LogP contribution >= 0.6 is 0 Å². The van der Waals surface area contributed by atoms with Gasteiger partial charge in [0.15, 0.2) is 0 Å². The minimum Gasteiger partial charge on any atom is -0.478 e. The molecule has 182 valence electrons. The molecule has 4 saturated carbocycles. The standard InChI is InChI=1S/C31H34O4/c1-19(35-18-34-2)28-13-26-8-7-25(23-3-5-24(6-4-23)30(32)33)12-27(26)14-29(28)31-15-20-9-21(16-31)11-22(10-20)17-31/h3-8,12-14,19-22H,9-11,15-18H2,1-2H3,(H,32,33). The summed E-state index contributed by atoms with van der Waals surface area (Å²) in [5.41, 5.74) is 5.54. The number of methoxy groups -OCH3 is 1. The van der Waals surface area contributed by atoms with Crippen LogP contribution in [0, 0.1) is 17.8 Å². The molecule has 3 aromatic carbocycles. The zero-order chi connectivity index (χ0) is 24.2. The van der Waals surface area contributed by atoms with Gasteiger partial charge in [-0.15, -0.1) is 0 Å². The Morgan fingerprint density at radius 3 is 2.14 bits per heavy atom. The molecule has 3 aromatic rings. The van der Waals surface area contributed by atoms with E-state index in [2.05, 4.69) is 37.3 Å². The number of rotatable bonds is 7. The second-order valence-electron chi connectivity index (χ2n) is 11.3. The SMILES string of the molecule is COCOC(C)c1cc2ccc(-c3ccc(C(=O)O)cc3)cc2cc1C12CC3CC(CC(C3)C1)C2. The smallest absolute Gasteiger partial charge is 0.335 e. The van der Waals surface area contributed by atoms with Gasteiger partial charge in [0.1, 0.15) is 6.79 Å². The van der Waals surface area contributed by atoms with Gasteiger partial charge in [0.25, 0.3) is 0 Å². The van der Waals surface area contributed by atoms with Gasteiger partial charge in [-0.3, -0.25) is 0 Å². The zero-order valence-corrected chi connectivity index (χ0v) is 20.6. The molecule has 4 bridgehead atoms. The first-order valence-electron chi connectivity index (χ1n) is 13.0. The summed E-state index contributed by atoms with van der Waals surface area (Å²) in [6.07, 6.45) is 8.18. The van der Waals surface area contributed by atoms with Crippen LogP contribution in [0.5, 0.6) is 0 Å². The summed E-state index contributed by atoms with van der Waals surface area (Å²) in [5.74, 6) is 1.73. The molecule has 35 heavy (non-hydrogen) atoms. The van der Waals surface area contributed by atoms with Crippen molar-refractivity contribution in [2.24, 2.45) is 17.8 Å². The number of aromatic carboxylic acids is 1. The van der Waals surface area contributed by atoms with Gasteiger partial charge in [0, 0.05) is 7.11 Å². The van der Waals surface area contributed by atoms with Gasteiger partial charge < -0.3 is 14.6 Å². The van der Waals surface area contributed by atoms with Crippen molar-refractivity contribution in [3.8, 4) is 11.1 Å². The average Bonchev–Trinajstić information content (AvgIpc) is 2.85. The molecule has 4 aliphatic rings. The van der Waals surface area contributed by atoms with Gasteiger partial charge in [-0.2, -0.15) is 0 Å². The summed E-state index contributed by atoms with van der Waals surface area (Å²) >= 11 is 0. The zero-order valence-electron chi connectivity index (χ0n) is 20.6. The van der Waals surface area contributed by atoms with E-state index in [4.69, 9.17) is 9.47 Å². The molecule has 1 N–H and O–H groups in total. The summed E-state index contributed by atoms with van der Waals surface area (Å²) in [4.78, 5) is 11.3.